The van der Waals surface area contributed by atoms with Crippen LogP contribution < -0.4 is 15.4 Å². The van der Waals surface area contributed by atoms with Crippen LogP contribution in [0.5, 0.6) is 5.75 Å². The third-order valence-electron chi connectivity index (χ3n) is 3.87. The second-order valence-electron chi connectivity index (χ2n) is 6.28. The highest BCUT2D eigenvalue weighted by Crippen LogP contribution is 2.13. The van der Waals surface area contributed by atoms with Crippen molar-refractivity contribution in [3.63, 3.8) is 0 Å². The van der Waals surface area contributed by atoms with Gasteiger partial charge in [-0.15, -0.1) is 0 Å². The number of ether oxygens (including phenoxy) is 1. The highest BCUT2D eigenvalue weighted by molar-refractivity contribution is 6.05. The van der Waals surface area contributed by atoms with Gasteiger partial charge in [0, 0.05) is 12.1 Å². The molecule has 6 nitrogen and oxygen atoms in total. The van der Waals surface area contributed by atoms with Crippen molar-refractivity contribution in [3.05, 3.63) is 70.9 Å². The van der Waals surface area contributed by atoms with Crippen LogP contribution in [-0.2, 0) is 4.79 Å². The van der Waals surface area contributed by atoms with E-state index in [2.05, 4.69) is 10.6 Å². The summed E-state index contributed by atoms with van der Waals surface area (Å²) in [6.45, 7) is 4.52. The fourth-order valence-electron chi connectivity index (χ4n) is 2.37. The highest BCUT2D eigenvalue weighted by Gasteiger charge is 2.14. The van der Waals surface area contributed by atoms with E-state index < -0.39 is 11.8 Å². The minimum atomic E-state index is -0.467. The molecule has 2 rings (SSSR count). The average Bonchev–Trinajstić information content (AvgIpc) is 2.71. The molecule has 0 aliphatic heterocycles. The maximum Gasteiger partial charge on any atom is 0.267 e. The summed E-state index contributed by atoms with van der Waals surface area (Å²) in [6.07, 6.45) is 2.50. The van der Waals surface area contributed by atoms with Gasteiger partial charge in [0.15, 0.2) is 0 Å². The summed E-state index contributed by atoms with van der Waals surface area (Å²) in [6, 6.07) is 14.3. The number of aliphatic hydroxyl groups is 1. The Morgan fingerprint density at radius 3 is 2.36 bits per heavy atom. The Labute approximate surface area is 165 Å². The predicted octanol–water partition coefficient (Wildman–Crippen LogP) is 2.66. The van der Waals surface area contributed by atoms with Crippen LogP contribution in [0.4, 0.5) is 0 Å². The van der Waals surface area contributed by atoms with Gasteiger partial charge in [-0.3, -0.25) is 9.59 Å². The van der Waals surface area contributed by atoms with E-state index in [1.54, 1.807) is 30.3 Å². The van der Waals surface area contributed by atoms with Crippen molar-refractivity contribution in [1.29, 1.82) is 0 Å². The number of hydrogen-bond donors (Lipinski definition) is 3. The zero-order valence-corrected chi connectivity index (χ0v) is 16.2. The number of benzene rings is 2. The van der Waals surface area contributed by atoms with Gasteiger partial charge in [0.05, 0.1) is 13.2 Å². The molecule has 2 aromatic rings. The minimum Gasteiger partial charge on any atom is -0.494 e. The molecule has 28 heavy (non-hydrogen) atoms. The normalized spacial score (nSPS) is 11.0. The van der Waals surface area contributed by atoms with Crippen LogP contribution in [0.1, 0.15) is 34.8 Å². The molecule has 0 unspecified atom stereocenters. The maximum absolute atomic E-state index is 12.6. The quantitative estimate of drug-likeness (QED) is 0.582. The third-order valence-corrected chi connectivity index (χ3v) is 3.87. The summed E-state index contributed by atoms with van der Waals surface area (Å²) >= 11 is 0. The Balaban J connectivity index is 2.17. The number of aryl methyl sites for hydroxylation is 1. The number of amides is 2. The van der Waals surface area contributed by atoms with Gasteiger partial charge in [-0.1, -0.05) is 36.8 Å². The first-order chi connectivity index (χ1) is 13.5. The average molecular weight is 382 g/mol. The minimum absolute atomic E-state index is 0.101. The lowest BCUT2D eigenvalue weighted by molar-refractivity contribution is -0.117. The molecule has 3 N–H and O–H groups in total. The fourth-order valence-corrected chi connectivity index (χ4v) is 2.37. The van der Waals surface area contributed by atoms with Gasteiger partial charge in [-0.25, -0.2) is 0 Å². The first kappa shape index (κ1) is 21.2. The van der Waals surface area contributed by atoms with E-state index in [9.17, 15) is 9.59 Å². The molecule has 0 radical (unpaired) electrons. The molecular formula is C22H26N2O4. The number of hydrogen-bond acceptors (Lipinski definition) is 4. The molecule has 6 heteroatoms. The van der Waals surface area contributed by atoms with Gasteiger partial charge in [0.1, 0.15) is 11.4 Å². The molecule has 148 valence electrons. The molecule has 0 spiro atoms. The van der Waals surface area contributed by atoms with Crippen molar-refractivity contribution in [3.8, 4) is 5.75 Å². The van der Waals surface area contributed by atoms with Crippen LogP contribution in [0.3, 0.4) is 0 Å². The second kappa shape index (κ2) is 10.9. The van der Waals surface area contributed by atoms with Crippen molar-refractivity contribution in [2.24, 2.45) is 0 Å². The standard InChI is InChI=1S/C22H26N2O4/c1-3-14-28-19-10-8-18(9-11-19)21(26)24-20(22(27)23-12-13-25)15-17-6-4-16(2)5-7-17/h4-11,15,25H,3,12-14H2,1-2H3,(H,23,27)(H,24,26)/b20-15-. The van der Waals surface area contributed by atoms with Gasteiger partial charge in [-0.2, -0.15) is 0 Å². The van der Waals surface area contributed by atoms with Crippen molar-refractivity contribution in [1.82, 2.24) is 10.6 Å². The number of rotatable bonds is 9. The zero-order chi connectivity index (χ0) is 20.4. The molecule has 0 aromatic heterocycles. The zero-order valence-electron chi connectivity index (χ0n) is 16.2. The summed E-state index contributed by atoms with van der Waals surface area (Å²) in [7, 11) is 0. The molecule has 0 heterocycles. The molecule has 0 bridgehead atoms. The number of nitrogens with one attached hydrogen (secondary N) is 2. The second-order valence-corrected chi connectivity index (χ2v) is 6.28. The summed E-state index contributed by atoms with van der Waals surface area (Å²) in [5.41, 5.74) is 2.39. The summed E-state index contributed by atoms with van der Waals surface area (Å²) in [5.74, 6) is -0.181. The Hall–Kier alpha value is -3.12. The molecule has 0 fully saturated rings. The smallest absolute Gasteiger partial charge is 0.267 e. The third kappa shape index (κ3) is 6.55. The largest absolute Gasteiger partial charge is 0.494 e. The van der Waals surface area contributed by atoms with Crippen molar-refractivity contribution >= 4 is 17.9 Å². The monoisotopic (exact) mass is 382 g/mol. The Kier molecular flexibility index (Phi) is 8.24. The van der Waals surface area contributed by atoms with E-state index in [0.29, 0.717) is 17.9 Å². The molecule has 0 saturated carbocycles. The van der Waals surface area contributed by atoms with Gasteiger partial charge >= 0.3 is 0 Å². The summed E-state index contributed by atoms with van der Waals surface area (Å²) in [5, 5.41) is 14.1. The van der Waals surface area contributed by atoms with Crippen molar-refractivity contribution in [2.75, 3.05) is 19.8 Å². The van der Waals surface area contributed by atoms with Gasteiger partial charge in [0.2, 0.25) is 0 Å². The number of carbonyl (C=O) groups is 2. The fraction of sp³-hybridized carbons (Fsp3) is 0.273. The Bertz CT molecular complexity index is 811. The number of aliphatic hydroxyl groups excluding tert-OH is 1. The highest BCUT2D eigenvalue weighted by atomic mass is 16.5. The first-order valence-electron chi connectivity index (χ1n) is 9.25. The van der Waals surface area contributed by atoms with Gasteiger partial charge < -0.3 is 20.5 Å². The number of carbonyl (C=O) groups excluding carboxylic acids is 2. The molecule has 0 saturated heterocycles. The van der Waals surface area contributed by atoms with E-state index in [4.69, 9.17) is 9.84 Å². The van der Waals surface area contributed by atoms with Crippen LogP contribution in [0, 0.1) is 6.92 Å². The predicted molar refractivity (Wildman–Crippen MR) is 109 cm³/mol. The van der Waals surface area contributed by atoms with E-state index in [1.807, 2.05) is 38.1 Å². The molecular weight excluding hydrogens is 356 g/mol. The van der Waals surface area contributed by atoms with E-state index >= 15 is 0 Å². The molecule has 0 aliphatic rings. The van der Waals surface area contributed by atoms with Crippen LogP contribution in [0.2, 0.25) is 0 Å². The lowest BCUT2D eigenvalue weighted by Crippen LogP contribution is -2.36. The Morgan fingerprint density at radius 2 is 1.75 bits per heavy atom. The van der Waals surface area contributed by atoms with E-state index in [1.165, 1.54) is 0 Å². The molecule has 0 atom stereocenters. The SMILES string of the molecule is CCCOc1ccc(C(=O)N/C(=C\c2ccc(C)cc2)C(=O)NCCO)cc1. The van der Waals surface area contributed by atoms with Crippen LogP contribution >= 0.6 is 0 Å². The van der Waals surface area contributed by atoms with Crippen LogP contribution in [0.15, 0.2) is 54.2 Å². The summed E-state index contributed by atoms with van der Waals surface area (Å²) < 4.78 is 5.51. The molecule has 2 amide bonds. The summed E-state index contributed by atoms with van der Waals surface area (Å²) in [4.78, 5) is 25.0. The Morgan fingerprint density at radius 1 is 1.07 bits per heavy atom. The van der Waals surface area contributed by atoms with Crippen LogP contribution in [-0.4, -0.2) is 36.7 Å². The lowest BCUT2D eigenvalue weighted by atomic mass is 10.1. The van der Waals surface area contributed by atoms with Gasteiger partial charge in [0.25, 0.3) is 11.8 Å². The molecule has 0 aliphatic carbocycles. The molecule has 2 aromatic carbocycles. The maximum atomic E-state index is 12.6. The topological polar surface area (TPSA) is 87.7 Å². The van der Waals surface area contributed by atoms with Crippen molar-refractivity contribution < 1.29 is 19.4 Å². The lowest BCUT2D eigenvalue weighted by Gasteiger charge is -2.11. The van der Waals surface area contributed by atoms with E-state index in [0.717, 1.165) is 17.5 Å². The van der Waals surface area contributed by atoms with E-state index in [-0.39, 0.29) is 18.8 Å². The first-order valence-corrected chi connectivity index (χ1v) is 9.25. The van der Waals surface area contributed by atoms with Crippen LogP contribution in [0.25, 0.3) is 6.08 Å². The van der Waals surface area contributed by atoms with Crippen molar-refractivity contribution in [2.45, 2.75) is 20.3 Å². The van der Waals surface area contributed by atoms with Gasteiger partial charge in [-0.05, 0) is 49.2 Å².